The van der Waals surface area contributed by atoms with Crippen molar-refractivity contribution in [3.05, 3.63) is 22.6 Å². The minimum atomic E-state index is -0.340. The highest BCUT2D eigenvalue weighted by Gasteiger charge is 2.01. The van der Waals surface area contributed by atoms with Crippen molar-refractivity contribution in [2.75, 3.05) is 18.4 Å². The van der Waals surface area contributed by atoms with Gasteiger partial charge in [0.1, 0.15) is 5.82 Å². The molecule has 0 saturated carbocycles. The molecule has 0 aliphatic heterocycles. The van der Waals surface area contributed by atoms with E-state index in [0.29, 0.717) is 18.0 Å². The molecule has 2 rings (SSSR count). The molecule has 7 heteroatoms. The van der Waals surface area contributed by atoms with E-state index in [-0.39, 0.29) is 5.69 Å². The van der Waals surface area contributed by atoms with Gasteiger partial charge in [-0.1, -0.05) is 0 Å². The molecular formula is C8H12N6O. The summed E-state index contributed by atoms with van der Waals surface area (Å²) >= 11 is 0. The monoisotopic (exact) mass is 208 g/mol. The smallest absolute Gasteiger partial charge is 0.364 e. The van der Waals surface area contributed by atoms with Crippen LogP contribution < -0.4 is 16.7 Å². The second-order valence-electron chi connectivity index (χ2n) is 3.09. The van der Waals surface area contributed by atoms with Crippen molar-refractivity contribution < 1.29 is 0 Å². The molecule has 0 fully saturated rings. The van der Waals surface area contributed by atoms with Crippen molar-refractivity contribution in [2.45, 2.75) is 6.42 Å². The molecule has 0 bridgehead atoms. The maximum Gasteiger partial charge on any atom is 0.364 e. The molecule has 0 aliphatic rings. The fourth-order valence-corrected chi connectivity index (χ4v) is 1.22. The maximum absolute atomic E-state index is 11.2. The average Bonchev–Trinajstić information content (AvgIpc) is 2.61. The number of anilines is 1. The molecule has 80 valence electrons. The lowest BCUT2D eigenvalue weighted by molar-refractivity contribution is 0.843. The van der Waals surface area contributed by atoms with Crippen LogP contribution >= 0.6 is 0 Å². The van der Waals surface area contributed by atoms with Crippen LogP contribution in [0.4, 0.5) is 5.82 Å². The summed E-state index contributed by atoms with van der Waals surface area (Å²) in [6, 6.07) is 3.49. The zero-order valence-corrected chi connectivity index (χ0v) is 8.10. The summed E-state index contributed by atoms with van der Waals surface area (Å²) in [4.78, 5) is 11.2. The van der Waals surface area contributed by atoms with Crippen LogP contribution in [-0.2, 0) is 0 Å². The van der Waals surface area contributed by atoms with E-state index in [4.69, 9.17) is 5.73 Å². The van der Waals surface area contributed by atoms with Crippen molar-refractivity contribution in [1.29, 1.82) is 0 Å². The van der Waals surface area contributed by atoms with Gasteiger partial charge in [0.05, 0.1) is 0 Å². The lowest BCUT2D eigenvalue weighted by Gasteiger charge is -2.03. The Morgan fingerprint density at radius 1 is 1.53 bits per heavy atom. The number of aromatic amines is 1. The van der Waals surface area contributed by atoms with Crippen LogP contribution in [0.5, 0.6) is 0 Å². The number of nitrogens with one attached hydrogen (secondary N) is 2. The minimum absolute atomic E-state index is 0.340. The van der Waals surface area contributed by atoms with E-state index in [1.54, 1.807) is 12.1 Å². The van der Waals surface area contributed by atoms with Gasteiger partial charge in [-0.25, -0.2) is 9.89 Å². The first-order valence-corrected chi connectivity index (χ1v) is 4.69. The number of nitrogens with zero attached hydrogens (tertiary/aromatic N) is 3. The molecule has 0 amide bonds. The van der Waals surface area contributed by atoms with Gasteiger partial charge < -0.3 is 11.1 Å². The van der Waals surface area contributed by atoms with E-state index in [0.717, 1.165) is 13.0 Å². The molecule has 7 nitrogen and oxygen atoms in total. The Labute approximate surface area is 85.3 Å². The summed E-state index contributed by atoms with van der Waals surface area (Å²) in [5.41, 5.74) is 5.52. The van der Waals surface area contributed by atoms with Crippen LogP contribution in [0.15, 0.2) is 16.9 Å². The number of hydrogen-bond donors (Lipinski definition) is 3. The molecule has 0 spiro atoms. The van der Waals surface area contributed by atoms with Gasteiger partial charge in [-0.15, -0.1) is 5.10 Å². The summed E-state index contributed by atoms with van der Waals surface area (Å²) in [5.74, 6) is 0.638. The van der Waals surface area contributed by atoms with Gasteiger partial charge in [0.25, 0.3) is 0 Å². The number of fused-ring (bicyclic) bond motifs is 1. The van der Waals surface area contributed by atoms with Crippen LogP contribution in [0.25, 0.3) is 5.65 Å². The normalized spacial score (nSPS) is 10.7. The number of hydrogen-bond acceptors (Lipinski definition) is 5. The van der Waals surface area contributed by atoms with Crippen molar-refractivity contribution in [1.82, 2.24) is 19.8 Å². The number of aromatic nitrogens is 4. The van der Waals surface area contributed by atoms with E-state index < -0.39 is 0 Å². The highest BCUT2D eigenvalue weighted by Crippen LogP contribution is 2.02. The Balaban J connectivity index is 2.22. The van der Waals surface area contributed by atoms with E-state index >= 15 is 0 Å². The Bertz CT molecular complexity index is 501. The molecule has 0 aliphatic carbocycles. The van der Waals surface area contributed by atoms with E-state index in [2.05, 4.69) is 20.6 Å². The molecular weight excluding hydrogens is 196 g/mol. The summed E-state index contributed by atoms with van der Waals surface area (Å²) in [7, 11) is 0. The van der Waals surface area contributed by atoms with Crippen molar-refractivity contribution in [2.24, 2.45) is 5.73 Å². The second-order valence-corrected chi connectivity index (χ2v) is 3.09. The van der Waals surface area contributed by atoms with Gasteiger partial charge in [0.15, 0.2) is 5.65 Å². The third kappa shape index (κ3) is 1.96. The van der Waals surface area contributed by atoms with Gasteiger partial charge >= 0.3 is 5.69 Å². The highest BCUT2D eigenvalue weighted by atomic mass is 16.2. The average molecular weight is 208 g/mol. The van der Waals surface area contributed by atoms with Gasteiger partial charge in [-0.2, -0.15) is 9.61 Å². The molecule has 0 aromatic carbocycles. The summed E-state index contributed by atoms with van der Waals surface area (Å²) in [6.45, 7) is 1.36. The molecule has 0 radical (unpaired) electrons. The predicted octanol–water partition coefficient (Wildman–Crippen LogP) is -0.822. The third-order valence-corrected chi connectivity index (χ3v) is 1.96. The van der Waals surface area contributed by atoms with Gasteiger partial charge in [-0.3, -0.25) is 0 Å². The topological polar surface area (TPSA) is 101 Å². The zero-order valence-electron chi connectivity index (χ0n) is 8.10. The molecule has 0 unspecified atom stereocenters. The van der Waals surface area contributed by atoms with Gasteiger partial charge in [-0.05, 0) is 25.1 Å². The maximum atomic E-state index is 11.2. The quantitative estimate of drug-likeness (QED) is 0.570. The molecule has 2 heterocycles. The highest BCUT2D eigenvalue weighted by molar-refractivity contribution is 5.42. The summed E-state index contributed by atoms with van der Waals surface area (Å²) in [6.07, 6.45) is 0.861. The standard InChI is InChI=1S/C8H12N6O/c9-4-1-5-10-6-2-3-7-11-12-8(15)14(7)13-6/h2-3H,1,4-5,9H2,(H,10,13)(H,12,15). The third-order valence-electron chi connectivity index (χ3n) is 1.96. The minimum Gasteiger partial charge on any atom is -0.369 e. The first kappa shape index (κ1) is 9.66. The second kappa shape index (κ2) is 4.09. The fourth-order valence-electron chi connectivity index (χ4n) is 1.22. The fraction of sp³-hybridized carbons (Fsp3) is 0.375. The zero-order chi connectivity index (χ0) is 10.7. The number of rotatable bonds is 4. The first-order chi connectivity index (χ1) is 7.31. The van der Waals surface area contributed by atoms with E-state index in [9.17, 15) is 4.79 Å². The SMILES string of the molecule is NCCCNc1ccc2n[nH]c(=O)n2n1. The van der Waals surface area contributed by atoms with E-state index in [1.165, 1.54) is 4.52 Å². The van der Waals surface area contributed by atoms with Crippen molar-refractivity contribution >= 4 is 11.5 Å². The summed E-state index contributed by atoms with van der Waals surface area (Å²) < 4.78 is 1.21. The van der Waals surface area contributed by atoms with Crippen molar-refractivity contribution in [3.63, 3.8) is 0 Å². The van der Waals surface area contributed by atoms with E-state index in [1.807, 2.05) is 0 Å². The first-order valence-electron chi connectivity index (χ1n) is 4.69. The van der Waals surface area contributed by atoms with Crippen LogP contribution in [0, 0.1) is 0 Å². The van der Waals surface area contributed by atoms with Crippen LogP contribution in [-0.4, -0.2) is 32.9 Å². The Morgan fingerprint density at radius 2 is 2.40 bits per heavy atom. The molecule has 4 N–H and O–H groups in total. The summed E-state index contributed by atoms with van der Waals surface area (Å²) in [5, 5.41) is 13.2. The molecule has 2 aromatic heterocycles. The molecule has 0 saturated heterocycles. The molecule has 0 atom stereocenters. The molecule has 2 aromatic rings. The number of nitrogens with two attached hydrogens (primary N) is 1. The lowest BCUT2D eigenvalue weighted by atomic mass is 10.4. The number of H-pyrrole nitrogens is 1. The predicted molar refractivity (Wildman–Crippen MR) is 55.8 cm³/mol. The van der Waals surface area contributed by atoms with Crippen LogP contribution in [0.2, 0.25) is 0 Å². The lowest BCUT2D eigenvalue weighted by Crippen LogP contribution is -2.15. The van der Waals surface area contributed by atoms with Gasteiger partial charge in [0, 0.05) is 6.54 Å². The Hall–Kier alpha value is -1.89. The largest absolute Gasteiger partial charge is 0.369 e. The van der Waals surface area contributed by atoms with Crippen molar-refractivity contribution in [3.8, 4) is 0 Å². The Morgan fingerprint density at radius 3 is 3.20 bits per heavy atom. The Kier molecular flexibility index (Phi) is 2.64. The van der Waals surface area contributed by atoms with Crippen LogP contribution in [0.3, 0.4) is 0 Å². The molecule has 15 heavy (non-hydrogen) atoms. The van der Waals surface area contributed by atoms with Gasteiger partial charge in [0.2, 0.25) is 0 Å². The van der Waals surface area contributed by atoms with Crippen LogP contribution in [0.1, 0.15) is 6.42 Å².